The Morgan fingerprint density at radius 1 is 1.31 bits per heavy atom. The molecule has 0 unspecified atom stereocenters. The SMILES string of the molecule is CCCNC(N)=NCC(C)(C)C(=O)NCC. The molecule has 16 heavy (non-hydrogen) atoms. The second kappa shape index (κ2) is 7.09. The van der Waals surface area contributed by atoms with Gasteiger partial charge in [-0.2, -0.15) is 0 Å². The molecule has 0 saturated heterocycles. The van der Waals surface area contributed by atoms with E-state index < -0.39 is 5.41 Å². The predicted octanol–water partition coefficient (Wildman–Crippen LogP) is 0.463. The number of guanidine groups is 1. The van der Waals surface area contributed by atoms with Gasteiger partial charge in [-0.15, -0.1) is 0 Å². The molecule has 0 aliphatic rings. The Balaban J connectivity index is 4.20. The molecule has 0 atom stereocenters. The Bertz CT molecular complexity index is 248. The highest BCUT2D eigenvalue weighted by Gasteiger charge is 2.26. The van der Waals surface area contributed by atoms with E-state index >= 15 is 0 Å². The molecule has 4 N–H and O–H groups in total. The molecule has 0 fully saturated rings. The fraction of sp³-hybridized carbons (Fsp3) is 0.818. The van der Waals surface area contributed by atoms with E-state index in [1.165, 1.54) is 0 Å². The van der Waals surface area contributed by atoms with Gasteiger partial charge in [0.15, 0.2) is 5.96 Å². The van der Waals surface area contributed by atoms with Gasteiger partial charge in [-0.1, -0.05) is 6.92 Å². The van der Waals surface area contributed by atoms with Gasteiger partial charge in [0.25, 0.3) is 0 Å². The lowest BCUT2D eigenvalue weighted by Gasteiger charge is -2.21. The van der Waals surface area contributed by atoms with Crippen LogP contribution < -0.4 is 16.4 Å². The zero-order valence-electron chi connectivity index (χ0n) is 10.8. The van der Waals surface area contributed by atoms with Crippen LogP contribution in [0.25, 0.3) is 0 Å². The summed E-state index contributed by atoms with van der Waals surface area (Å²) in [4.78, 5) is 15.8. The standard InChI is InChI=1S/C11H24N4O/c1-5-7-14-10(12)15-8-11(3,4)9(16)13-6-2/h5-8H2,1-4H3,(H,13,16)(H3,12,14,15). The van der Waals surface area contributed by atoms with Gasteiger partial charge in [-0.25, -0.2) is 0 Å². The van der Waals surface area contributed by atoms with Crippen LogP contribution in [0.4, 0.5) is 0 Å². The molecule has 0 bridgehead atoms. The maximum absolute atomic E-state index is 11.6. The van der Waals surface area contributed by atoms with Gasteiger partial charge in [0, 0.05) is 13.1 Å². The van der Waals surface area contributed by atoms with Crippen molar-refractivity contribution in [2.75, 3.05) is 19.6 Å². The van der Waals surface area contributed by atoms with Crippen LogP contribution in [0.15, 0.2) is 4.99 Å². The Morgan fingerprint density at radius 2 is 1.94 bits per heavy atom. The number of rotatable bonds is 6. The van der Waals surface area contributed by atoms with Crippen molar-refractivity contribution in [3.63, 3.8) is 0 Å². The molecule has 0 radical (unpaired) electrons. The molecular weight excluding hydrogens is 204 g/mol. The molecule has 0 rings (SSSR count). The summed E-state index contributed by atoms with van der Waals surface area (Å²) in [5.74, 6) is 0.404. The van der Waals surface area contributed by atoms with Crippen molar-refractivity contribution >= 4 is 11.9 Å². The van der Waals surface area contributed by atoms with Crippen LogP contribution in [0.1, 0.15) is 34.1 Å². The highest BCUT2D eigenvalue weighted by molar-refractivity contribution is 5.83. The summed E-state index contributed by atoms with van der Waals surface area (Å²) in [7, 11) is 0. The minimum absolute atomic E-state index is 0.00189. The van der Waals surface area contributed by atoms with Crippen LogP contribution in [-0.2, 0) is 4.79 Å². The third-order valence-electron chi connectivity index (χ3n) is 2.15. The molecule has 5 heteroatoms. The molecule has 0 aromatic heterocycles. The molecule has 0 aromatic rings. The Morgan fingerprint density at radius 3 is 2.44 bits per heavy atom. The topological polar surface area (TPSA) is 79.5 Å². The predicted molar refractivity (Wildman–Crippen MR) is 67.2 cm³/mol. The van der Waals surface area contributed by atoms with Gasteiger partial charge in [0.05, 0.1) is 12.0 Å². The van der Waals surface area contributed by atoms with E-state index in [1.807, 2.05) is 20.8 Å². The lowest BCUT2D eigenvalue weighted by Crippen LogP contribution is -2.40. The number of aliphatic imine (C=N–C) groups is 1. The van der Waals surface area contributed by atoms with Crippen LogP contribution in [0.2, 0.25) is 0 Å². The number of hydrogen-bond donors (Lipinski definition) is 3. The first-order valence-electron chi connectivity index (χ1n) is 5.76. The summed E-state index contributed by atoms with van der Waals surface area (Å²) in [6.07, 6.45) is 0.996. The largest absolute Gasteiger partial charge is 0.370 e. The maximum Gasteiger partial charge on any atom is 0.227 e. The molecule has 0 aliphatic carbocycles. The number of nitrogens with two attached hydrogens (primary N) is 1. The number of hydrogen-bond acceptors (Lipinski definition) is 2. The summed E-state index contributed by atoms with van der Waals surface area (Å²) in [6.45, 7) is 9.49. The van der Waals surface area contributed by atoms with Gasteiger partial charge in [-0.3, -0.25) is 9.79 Å². The quantitative estimate of drug-likeness (QED) is 0.456. The van der Waals surface area contributed by atoms with Crippen LogP contribution in [0, 0.1) is 5.41 Å². The number of carbonyl (C=O) groups is 1. The first-order chi connectivity index (χ1) is 7.44. The van der Waals surface area contributed by atoms with Gasteiger partial charge >= 0.3 is 0 Å². The fourth-order valence-electron chi connectivity index (χ4n) is 1.06. The Labute approximate surface area is 97.9 Å². The summed E-state index contributed by atoms with van der Waals surface area (Å²) >= 11 is 0. The first kappa shape index (κ1) is 14.7. The van der Waals surface area contributed by atoms with E-state index in [1.54, 1.807) is 0 Å². The molecule has 0 aromatic carbocycles. The minimum Gasteiger partial charge on any atom is -0.370 e. The van der Waals surface area contributed by atoms with E-state index in [0.717, 1.165) is 13.0 Å². The van der Waals surface area contributed by atoms with E-state index in [4.69, 9.17) is 5.73 Å². The third kappa shape index (κ3) is 5.58. The lowest BCUT2D eigenvalue weighted by atomic mass is 9.92. The van der Waals surface area contributed by atoms with Crippen molar-refractivity contribution in [1.29, 1.82) is 0 Å². The van der Waals surface area contributed by atoms with Crippen molar-refractivity contribution in [3.05, 3.63) is 0 Å². The van der Waals surface area contributed by atoms with Crippen LogP contribution in [0.5, 0.6) is 0 Å². The fourth-order valence-corrected chi connectivity index (χ4v) is 1.06. The average Bonchev–Trinajstić information content (AvgIpc) is 2.24. The Kier molecular flexibility index (Phi) is 6.53. The number of nitrogens with zero attached hydrogens (tertiary/aromatic N) is 1. The Hall–Kier alpha value is -1.26. The molecule has 0 saturated carbocycles. The highest BCUT2D eigenvalue weighted by atomic mass is 16.2. The molecule has 5 nitrogen and oxygen atoms in total. The van der Waals surface area contributed by atoms with E-state index in [9.17, 15) is 4.79 Å². The number of carbonyl (C=O) groups excluding carboxylic acids is 1. The smallest absolute Gasteiger partial charge is 0.227 e. The summed E-state index contributed by atoms with van der Waals surface area (Å²) in [5.41, 5.74) is 5.13. The van der Waals surface area contributed by atoms with Crippen molar-refractivity contribution in [3.8, 4) is 0 Å². The summed E-state index contributed by atoms with van der Waals surface area (Å²) in [5, 5.41) is 5.76. The normalized spacial score (nSPS) is 12.4. The first-order valence-corrected chi connectivity index (χ1v) is 5.76. The van der Waals surface area contributed by atoms with Gasteiger partial charge < -0.3 is 16.4 Å². The number of nitrogens with one attached hydrogen (secondary N) is 2. The van der Waals surface area contributed by atoms with E-state index in [2.05, 4.69) is 22.5 Å². The lowest BCUT2D eigenvalue weighted by molar-refractivity contribution is -0.128. The molecule has 0 heterocycles. The molecule has 1 amide bonds. The van der Waals surface area contributed by atoms with Crippen molar-refractivity contribution < 1.29 is 4.79 Å². The second-order valence-corrected chi connectivity index (χ2v) is 4.37. The zero-order valence-corrected chi connectivity index (χ0v) is 10.8. The molecular formula is C11H24N4O. The second-order valence-electron chi connectivity index (χ2n) is 4.37. The third-order valence-corrected chi connectivity index (χ3v) is 2.15. The summed E-state index contributed by atoms with van der Waals surface area (Å²) < 4.78 is 0. The van der Waals surface area contributed by atoms with Gasteiger partial charge in [0.2, 0.25) is 5.91 Å². The van der Waals surface area contributed by atoms with E-state index in [-0.39, 0.29) is 5.91 Å². The van der Waals surface area contributed by atoms with Crippen LogP contribution in [-0.4, -0.2) is 31.5 Å². The van der Waals surface area contributed by atoms with Crippen molar-refractivity contribution in [1.82, 2.24) is 10.6 Å². The van der Waals surface area contributed by atoms with Crippen molar-refractivity contribution in [2.24, 2.45) is 16.1 Å². The van der Waals surface area contributed by atoms with Crippen molar-refractivity contribution in [2.45, 2.75) is 34.1 Å². The number of amides is 1. The van der Waals surface area contributed by atoms with Crippen LogP contribution >= 0.6 is 0 Å². The van der Waals surface area contributed by atoms with E-state index in [0.29, 0.717) is 19.0 Å². The minimum atomic E-state index is -0.519. The molecule has 0 spiro atoms. The average molecular weight is 228 g/mol. The molecule has 0 aliphatic heterocycles. The zero-order chi connectivity index (χ0) is 12.6. The maximum atomic E-state index is 11.6. The highest BCUT2D eigenvalue weighted by Crippen LogP contribution is 2.15. The van der Waals surface area contributed by atoms with Crippen LogP contribution in [0.3, 0.4) is 0 Å². The van der Waals surface area contributed by atoms with Gasteiger partial charge in [0.1, 0.15) is 0 Å². The summed E-state index contributed by atoms with van der Waals surface area (Å²) in [6, 6.07) is 0. The molecule has 94 valence electrons. The van der Waals surface area contributed by atoms with Gasteiger partial charge in [-0.05, 0) is 27.2 Å². The monoisotopic (exact) mass is 228 g/mol.